The molecule has 0 aliphatic heterocycles. The number of nitro groups is 1. The minimum Gasteiger partial charge on any atom is -0.493 e. The summed E-state index contributed by atoms with van der Waals surface area (Å²) < 4.78 is 11.1. The largest absolute Gasteiger partial charge is 0.493 e. The highest BCUT2D eigenvalue weighted by Gasteiger charge is 2.10. The number of benzene rings is 2. The van der Waals surface area contributed by atoms with E-state index in [0.717, 1.165) is 10.3 Å². The summed E-state index contributed by atoms with van der Waals surface area (Å²) in [6.45, 7) is -0.455. The van der Waals surface area contributed by atoms with E-state index in [1.54, 1.807) is 30.3 Å². The van der Waals surface area contributed by atoms with Gasteiger partial charge < -0.3 is 14.6 Å². The lowest BCUT2D eigenvalue weighted by atomic mass is 10.2. The minimum absolute atomic E-state index is 0.0309. The van der Waals surface area contributed by atoms with Crippen molar-refractivity contribution < 1.29 is 24.3 Å². The monoisotopic (exact) mass is 386 g/mol. The molecule has 0 fully saturated rings. The van der Waals surface area contributed by atoms with Crippen molar-refractivity contribution in [2.24, 2.45) is 0 Å². The Morgan fingerprint density at radius 3 is 2.78 bits per heavy atom. The molecule has 1 N–H and O–H groups in total. The second-order valence-corrected chi connectivity index (χ2v) is 6.45. The molecule has 0 spiro atoms. The lowest BCUT2D eigenvalue weighted by Crippen LogP contribution is -2.10. The highest BCUT2D eigenvalue weighted by Crippen LogP contribution is 2.30. The van der Waals surface area contributed by atoms with Crippen LogP contribution in [-0.4, -0.2) is 34.7 Å². The molecule has 0 radical (unpaired) electrons. The first-order chi connectivity index (χ1) is 13.0. The first-order valence-corrected chi connectivity index (χ1v) is 8.53. The number of ether oxygens (including phenoxy) is 2. The molecule has 0 aliphatic carbocycles. The molecule has 0 aliphatic rings. The zero-order chi connectivity index (χ0) is 19.4. The van der Waals surface area contributed by atoms with Crippen molar-refractivity contribution >= 4 is 45.4 Å². The van der Waals surface area contributed by atoms with Crippen LogP contribution < -0.4 is 9.47 Å². The molecular formula is C18H14N2O6S. The first-order valence-electron chi connectivity index (χ1n) is 7.72. The molecule has 0 saturated heterocycles. The van der Waals surface area contributed by atoms with Gasteiger partial charge in [-0.3, -0.25) is 10.1 Å². The molecule has 0 saturated carbocycles. The number of aromatic nitrogens is 1. The third kappa shape index (κ3) is 4.39. The van der Waals surface area contributed by atoms with Gasteiger partial charge in [-0.05, 0) is 29.8 Å². The quantitative estimate of drug-likeness (QED) is 0.485. The Balaban J connectivity index is 1.81. The van der Waals surface area contributed by atoms with Gasteiger partial charge in [0, 0.05) is 12.1 Å². The smallest absolute Gasteiger partial charge is 0.341 e. The Morgan fingerprint density at radius 2 is 2.07 bits per heavy atom. The minimum atomic E-state index is -1.07. The van der Waals surface area contributed by atoms with Crippen LogP contribution in [0.4, 0.5) is 5.69 Å². The highest BCUT2D eigenvalue weighted by molar-refractivity contribution is 7.19. The summed E-state index contributed by atoms with van der Waals surface area (Å²) in [6, 6.07) is 9.65. The topological polar surface area (TPSA) is 112 Å². The van der Waals surface area contributed by atoms with Crippen LogP contribution in [0.5, 0.6) is 11.5 Å². The molecule has 1 heterocycles. The maximum atomic E-state index is 10.9. The van der Waals surface area contributed by atoms with E-state index >= 15 is 0 Å². The van der Waals surface area contributed by atoms with Gasteiger partial charge in [0.1, 0.15) is 5.01 Å². The standard InChI is InChI=1S/C18H14N2O6S/c1-25-15-8-11(2-6-14(15)26-10-18(21)22)3-7-17-19-13-5-4-12(20(23)24)9-16(13)27-17/h2-9H,10H2,1H3,(H,21,22)/b7-3+. The number of hydrogen-bond donors (Lipinski definition) is 1. The molecule has 0 amide bonds. The van der Waals surface area contributed by atoms with Crippen molar-refractivity contribution in [3.05, 3.63) is 57.1 Å². The van der Waals surface area contributed by atoms with E-state index in [4.69, 9.17) is 14.6 Å². The maximum Gasteiger partial charge on any atom is 0.341 e. The Bertz CT molecular complexity index is 1040. The number of thiazole rings is 1. The third-order valence-electron chi connectivity index (χ3n) is 3.56. The highest BCUT2D eigenvalue weighted by atomic mass is 32.1. The summed E-state index contributed by atoms with van der Waals surface area (Å²) in [5, 5.41) is 20.2. The summed E-state index contributed by atoms with van der Waals surface area (Å²) in [5.41, 5.74) is 1.53. The Labute approximate surface area is 157 Å². The number of non-ortho nitro benzene ring substituents is 1. The van der Waals surface area contributed by atoms with Crippen LogP contribution >= 0.6 is 11.3 Å². The van der Waals surface area contributed by atoms with Crippen LogP contribution in [0.3, 0.4) is 0 Å². The van der Waals surface area contributed by atoms with Gasteiger partial charge in [-0.15, -0.1) is 11.3 Å². The van der Waals surface area contributed by atoms with Crippen LogP contribution in [0, 0.1) is 10.1 Å². The average Bonchev–Trinajstić information content (AvgIpc) is 3.06. The summed E-state index contributed by atoms with van der Waals surface area (Å²) in [7, 11) is 1.47. The lowest BCUT2D eigenvalue weighted by molar-refractivity contribution is -0.384. The molecule has 27 heavy (non-hydrogen) atoms. The predicted molar refractivity (Wildman–Crippen MR) is 101 cm³/mol. The molecule has 3 rings (SSSR count). The molecule has 138 valence electrons. The Kier molecular flexibility index (Phi) is 5.32. The van der Waals surface area contributed by atoms with E-state index in [1.807, 2.05) is 6.08 Å². The van der Waals surface area contributed by atoms with Gasteiger partial charge in [0.15, 0.2) is 18.1 Å². The number of aliphatic carboxylic acids is 1. The first kappa shape index (κ1) is 18.3. The fourth-order valence-electron chi connectivity index (χ4n) is 2.33. The number of nitro benzene ring substituents is 1. The molecule has 1 aromatic heterocycles. The number of carboxylic acid groups (broad SMARTS) is 1. The van der Waals surface area contributed by atoms with E-state index in [-0.39, 0.29) is 5.69 Å². The molecule has 2 aromatic carbocycles. The van der Waals surface area contributed by atoms with E-state index in [9.17, 15) is 14.9 Å². The van der Waals surface area contributed by atoms with Crippen molar-refractivity contribution in [2.45, 2.75) is 0 Å². The zero-order valence-corrected chi connectivity index (χ0v) is 14.9. The van der Waals surface area contributed by atoms with Crippen molar-refractivity contribution in [1.82, 2.24) is 4.98 Å². The fraction of sp³-hybridized carbons (Fsp3) is 0.111. The molecule has 0 atom stereocenters. The van der Waals surface area contributed by atoms with Gasteiger partial charge >= 0.3 is 5.97 Å². The number of fused-ring (bicyclic) bond motifs is 1. The Morgan fingerprint density at radius 1 is 1.26 bits per heavy atom. The van der Waals surface area contributed by atoms with Gasteiger partial charge in [0.25, 0.3) is 5.69 Å². The number of carbonyl (C=O) groups is 1. The predicted octanol–water partition coefficient (Wildman–Crippen LogP) is 3.85. The van der Waals surface area contributed by atoms with Crippen molar-refractivity contribution in [2.75, 3.05) is 13.7 Å². The van der Waals surface area contributed by atoms with Gasteiger partial charge in [0.05, 0.1) is 22.2 Å². The lowest BCUT2D eigenvalue weighted by Gasteiger charge is -2.09. The zero-order valence-electron chi connectivity index (χ0n) is 14.1. The van der Waals surface area contributed by atoms with Gasteiger partial charge in [-0.1, -0.05) is 12.1 Å². The van der Waals surface area contributed by atoms with Crippen molar-refractivity contribution in [3.8, 4) is 11.5 Å². The molecular weight excluding hydrogens is 372 g/mol. The van der Waals surface area contributed by atoms with Crippen LogP contribution in [0.2, 0.25) is 0 Å². The number of carboxylic acids is 1. The second-order valence-electron chi connectivity index (χ2n) is 5.39. The van der Waals surface area contributed by atoms with E-state index < -0.39 is 17.5 Å². The van der Waals surface area contributed by atoms with Gasteiger partial charge in [-0.2, -0.15) is 0 Å². The fourth-order valence-corrected chi connectivity index (χ4v) is 3.23. The van der Waals surface area contributed by atoms with Crippen LogP contribution in [0.25, 0.3) is 22.4 Å². The molecule has 9 heteroatoms. The van der Waals surface area contributed by atoms with E-state index in [2.05, 4.69) is 4.98 Å². The second kappa shape index (κ2) is 7.83. The van der Waals surface area contributed by atoms with E-state index in [1.165, 1.54) is 30.6 Å². The maximum absolute atomic E-state index is 10.9. The number of hydrogen-bond acceptors (Lipinski definition) is 7. The summed E-state index contributed by atoms with van der Waals surface area (Å²) >= 11 is 1.35. The van der Waals surface area contributed by atoms with E-state index in [0.29, 0.717) is 22.0 Å². The number of rotatable bonds is 7. The molecule has 0 unspecified atom stereocenters. The number of methoxy groups -OCH3 is 1. The SMILES string of the molecule is COc1cc(/C=C/c2nc3ccc([N+](=O)[O-])cc3s2)ccc1OCC(=O)O. The Hall–Kier alpha value is -3.46. The van der Waals surface area contributed by atoms with Crippen LogP contribution in [0.1, 0.15) is 10.6 Å². The van der Waals surface area contributed by atoms with Crippen molar-refractivity contribution in [1.29, 1.82) is 0 Å². The van der Waals surface area contributed by atoms with Crippen molar-refractivity contribution in [3.63, 3.8) is 0 Å². The summed E-state index contributed by atoms with van der Waals surface area (Å²) in [4.78, 5) is 25.5. The van der Waals surface area contributed by atoms with Crippen LogP contribution in [0.15, 0.2) is 36.4 Å². The average molecular weight is 386 g/mol. The number of nitrogens with zero attached hydrogens (tertiary/aromatic N) is 2. The third-order valence-corrected chi connectivity index (χ3v) is 4.54. The van der Waals surface area contributed by atoms with Crippen LogP contribution in [-0.2, 0) is 4.79 Å². The molecule has 8 nitrogen and oxygen atoms in total. The van der Waals surface area contributed by atoms with Gasteiger partial charge in [-0.25, -0.2) is 9.78 Å². The molecule has 3 aromatic rings. The van der Waals surface area contributed by atoms with Gasteiger partial charge in [0.2, 0.25) is 0 Å². The summed E-state index contributed by atoms with van der Waals surface area (Å²) in [6.07, 6.45) is 3.61. The molecule has 0 bridgehead atoms. The summed E-state index contributed by atoms with van der Waals surface area (Å²) in [5.74, 6) is -0.320. The normalized spacial score (nSPS) is 11.0.